The van der Waals surface area contributed by atoms with Crippen molar-refractivity contribution in [1.82, 2.24) is 0 Å². The van der Waals surface area contributed by atoms with E-state index < -0.39 is 0 Å². The van der Waals surface area contributed by atoms with Crippen LogP contribution in [0.1, 0.15) is 36.5 Å². The second-order valence-electron chi connectivity index (χ2n) is 6.82. The van der Waals surface area contributed by atoms with Crippen LogP contribution in [0.5, 0.6) is 0 Å². The Morgan fingerprint density at radius 3 is 2.26 bits per heavy atom. The molecule has 0 N–H and O–H groups in total. The molecular formula is C23H25Cl2NZr. The second kappa shape index (κ2) is 11.8. The molecule has 0 amide bonds. The third-order valence-electron chi connectivity index (χ3n) is 4.55. The maximum absolute atomic E-state index is 3.36. The molecule has 0 fully saturated rings. The molecule has 3 aromatic carbocycles. The van der Waals surface area contributed by atoms with Crippen LogP contribution in [0, 0.1) is 6.07 Å². The van der Waals surface area contributed by atoms with Gasteiger partial charge in [-0.2, -0.15) is 29.8 Å². The molecule has 1 nitrogen and oxygen atoms in total. The van der Waals surface area contributed by atoms with Crippen LogP contribution < -0.4 is 29.7 Å². The molecule has 1 aliphatic carbocycles. The predicted octanol–water partition coefficient (Wildman–Crippen LogP) is -0.342. The van der Waals surface area contributed by atoms with Crippen LogP contribution in [0.4, 0.5) is 5.69 Å². The van der Waals surface area contributed by atoms with Crippen molar-refractivity contribution in [3.05, 3.63) is 83.4 Å². The normalized spacial score (nSPS) is 10.3. The zero-order valence-electron chi connectivity index (χ0n) is 16.3. The standard InChI is InChI=1S/C15H14N.C8H11.2ClH.Zr/c1-16(2)14-9-5-7-12-10-11-6-3-4-8-13(11)15(12)14;1-7(2)8-5-3-4-6-8;;;/h3-6,8-9H,10H2,1-2H3;3-7H,1-2H3;2*1H;/q2*-1;;;+4/p-2. The minimum atomic E-state index is 0. The number of halogens is 2. The summed E-state index contributed by atoms with van der Waals surface area (Å²) in [6, 6.07) is 24.6. The van der Waals surface area contributed by atoms with Crippen LogP contribution in [-0.4, -0.2) is 14.1 Å². The molecule has 0 aliphatic heterocycles. The Bertz CT molecular complexity index is 811. The van der Waals surface area contributed by atoms with Crippen molar-refractivity contribution in [2.45, 2.75) is 26.2 Å². The summed E-state index contributed by atoms with van der Waals surface area (Å²) in [5.41, 5.74) is 8.21. The van der Waals surface area contributed by atoms with Crippen molar-refractivity contribution in [2.75, 3.05) is 19.0 Å². The molecule has 27 heavy (non-hydrogen) atoms. The number of benzene rings is 2. The van der Waals surface area contributed by atoms with Crippen molar-refractivity contribution in [3.63, 3.8) is 0 Å². The summed E-state index contributed by atoms with van der Waals surface area (Å²) in [6.07, 6.45) is 1.02. The van der Waals surface area contributed by atoms with E-state index in [2.05, 4.69) is 93.5 Å². The first-order valence-electron chi connectivity index (χ1n) is 8.58. The fraction of sp³-hybridized carbons (Fsp3) is 0.261. The van der Waals surface area contributed by atoms with E-state index in [4.69, 9.17) is 0 Å². The van der Waals surface area contributed by atoms with Gasteiger partial charge in [-0.1, -0.05) is 54.9 Å². The fourth-order valence-electron chi connectivity index (χ4n) is 3.23. The SMILES string of the molecule is CC(C)c1ccc[cH-]1.CN(C)c1cc[c-]c2c1-c1ccccc1C2.[Cl-].[Cl-].[Zr+4]. The third kappa shape index (κ3) is 6.01. The van der Waals surface area contributed by atoms with Gasteiger partial charge in [0.05, 0.1) is 0 Å². The average molecular weight is 478 g/mol. The monoisotopic (exact) mass is 475 g/mol. The molecule has 4 heteroatoms. The molecule has 0 saturated carbocycles. The van der Waals surface area contributed by atoms with Gasteiger partial charge in [0.25, 0.3) is 0 Å². The van der Waals surface area contributed by atoms with Crippen molar-refractivity contribution in [3.8, 4) is 11.1 Å². The number of anilines is 1. The first-order valence-corrected chi connectivity index (χ1v) is 8.58. The number of hydrogen-bond acceptors (Lipinski definition) is 1. The van der Waals surface area contributed by atoms with Gasteiger partial charge in [-0.05, 0) is 12.3 Å². The Balaban J connectivity index is 0.000000535. The summed E-state index contributed by atoms with van der Waals surface area (Å²) in [4.78, 5) is 2.18. The van der Waals surface area contributed by atoms with Crippen molar-refractivity contribution in [1.29, 1.82) is 0 Å². The van der Waals surface area contributed by atoms with Crippen LogP contribution in [0.15, 0.2) is 60.7 Å². The molecule has 4 rings (SSSR count). The topological polar surface area (TPSA) is 3.24 Å². The first kappa shape index (κ1) is 26.1. The maximum atomic E-state index is 3.36. The Kier molecular flexibility index (Phi) is 11.4. The Morgan fingerprint density at radius 1 is 1.00 bits per heavy atom. The van der Waals surface area contributed by atoms with Crippen LogP contribution >= 0.6 is 0 Å². The average Bonchev–Trinajstić information content (AvgIpc) is 3.22. The number of nitrogens with zero attached hydrogens (tertiary/aromatic N) is 1. The first-order chi connectivity index (χ1) is 11.6. The van der Waals surface area contributed by atoms with E-state index in [0.29, 0.717) is 5.92 Å². The largest absolute Gasteiger partial charge is 4.00 e. The molecule has 0 heterocycles. The van der Waals surface area contributed by atoms with E-state index in [0.717, 1.165) is 6.42 Å². The summed E-state index contributed by atoms with van der Waals surface area (Å²) >= 11 is 0. The smallest absolute Gasteiger partial charge is 1.00 e. The van der Waals surface area contributed by atoms with E-state index in [9.17, 15) is 0 Å². The van der Waals surface area contributed by atoms with E-state index in [1.807, 2.05) is 6.07 Å². The Hall–Kier alpha value is -0.947. The molecule has 1 aliphatic rings. The van der Waals surface area contributed by atoms with Gasteiger partial charge in [-0.15, -0.1) is 17.2 Å². The summed E-state index contributed by atoms with van der Waals surface area (Å²) in [6.45, 7) is 4.41. The van der Waals surface area contributed by atoms with E-state index >= 15 is 0 Å². The summed E-state index contributed by atoms with van der Waals surface area (Å²) < 4.78 is 0. The van der Waals surface area contributed by atoms with E-state index in [1.54, 1.807) is 0 Å². The minimum Gasteiger partial charge on any atom is -1.00 e. The Labute approximate surface area is 195 Å². The zero-order valence-corrected chi connectivity index (χ0v) is 20.2. The summed E-state index contributed by atoms with van der Waals surface area (Å²) in [7, 11) is 4.19. The van der Waals surface area contributed by atoms with Gasteiger partial charge in [0.2, 0.25) is 0 Å². The fourth-order valence-corrected chi connectivity index (χ4v) is 3.23. The van der Waals surface area contributed by atoms with Crippen LogP contribution in [0.3, 0.4) is 0 Å². The van der Waals surface area contributed by atoms with Crippen molar-refractivity contribution >= 4 is 5.69 Å². The maximum Gasteiger partial charge on any atom is 4.00 e. The van der Waals surface area contributed by atoms with Crippen molar-refractivity contribution in [2.24, 2.45) is 0 Å². The third-order valence-corrected chi connectivity index (χ3v) is 4.55. The molecule has 140 valence electrons. The molecular weight excluding hydrogens is 452 g/mol. The minimum absolute atomic E-state index is 0. The number of hydrogen-bond donors (Lipinski definition) is 0. The molecule has 0 saturated heterocycles. The molecule has 0 radical (unpaired) electrons. The van der Waals surface area contributed by atoms with Gasteiger partial charge in [-0.25, -0.2) is 12.1 Å². The Morgan fingerprint density at radius 2 is 1.70 bits per heavy atom. The quantitative estimate of drug-likeness (QED) is 0.357. The molecule has 0 atom stereocenters. The van der Waals surface area contributed by atoms with Gasteiger partial charge >= 0.3 is 26.2 Å². The zero-order chi connectivity index (χ0) is 17.1. The summed E-state index contributed by atoms with van der Waals surface area (Å²) in [5.74, 6) is 0.685. The van der Waals surface area contributed by atoms with Gasteiger partial charge in [0.1, 0.15) is 0 Å². The summed E-state index contributed by atoms with van der Waals surface area (Å²) in [5, 5.41) is 0. The molecule has 3 aromatic rings. The molecule has 0 bridgehead atoms. The van der Waals surface area contributed by atoms with E-state index in [-0.39, 0.29) is 51.0 Å². The molecule has 0 aromatic heterocycles. The van der Waals surface area contributed by atoms with Gasteiger partial charge < -0.3 is 29.7 Å². The van der Waals surface area contributed by atoms with E-state index in [1.165, 1.54) is 33.5 Å². The second-order valence-corrected chi connectivity index (χ2v) is 6.82. The van der Waals surface area contributed by atoms with Gasteiger partial charge in [-0.3, -0.25) is 0 Å². The number of fused-ring (bicyclic) bond motifs is 3. The van der Waals surface area contributed by atoms with Crippen LogP contribution in [-0.2, 0) is 32.6 Å². The number of rotatable bonds is 2. The predicted molar refractivity (Wildman–Crippen MR) is 104 cm³/mol. The van der Waals surface area contributed by atoms with Gasteiger partial charge in [0.15, 0.2) is 0 Å². The molecule has 0 spiro atoms. The molecule has 0 unspecified atom stereocenters. The van der Waals surface area contributed by atoms with Gasteiger partial charge in [0, 0.05) is 14.1 Å². The van der Waals surface area contributed by atoms with Crippen LogP contribution in [0.25, 0.3) is 11.1 Å². The van der Waals surface area contributed by atoms with Crippen molar-refractivity contribution < 1.29 is 51.0 Å². The van der Waals surface area contributed by atoms with Crippen LogP contribution in [0.2, 0.25) is 0 Å².